The van der Waals surface area contributed by atoms with Gasteiger partial charge in [0.15, 0.2) is 0 Å². The number of hydrogen-bond donors (Lipinski definition) is 1. The standard InChI is InChI=1S/C11H21N3/c1-2-11(12)14-8-5-10(9-14)13-6-3-4-7-13/h10,12H,2-9H2,1H3. The maximum absolute atomic E-state index is 7.80. The van der Waals surface area contributed by atoms with E-state index in [4.69, 9.17) is 5.41 Å². The van der Waals surface area contributed by atoms with Crippen molar-refractivity contribution in [2.45, 2.75) is 38.6 Å². The number of hydrogen-bond acceptors (Lipinski definition) is 2. The summed E-state index contributed by atoms with van der Waals surface area (Å²) in [5, 5.41) is 7.80. The van der Waals surface area contributed by atoms with Crippen LogP contribution in [-0.4, -0.2) is 47.9 Å². The molecule has 0 saturated carbocycles. The van der Waals surface area contributed by atoms with Gasteiger partial charge in [0.2, 0.25) is 0 Å². The molecule has 0 bridgehead atoms. The van der Waals surface area contributed by atoms with Gasteiger partial charge in [-0.1, -0.05) is 6.92 Å². The first-order valence-corrected chi connectivity index (χ1v) is 5.87. The Balaban J connectivity index is 1.84. The maximum Gasteiger partial charge on any atom is 0.0955 e. The zero-order chi connectivity index (χ0) is 9.97. The molecule has 3 heteroatoms. The number of amidine groups is 1. The lowest BCUT2D eigenvalue weighted by atomic mass is 10.2. The average molecular weight is 195 g/mol. The molecule has 1 unspecified atom stereocenters. The first kappa shape index (κ1) is 9.97. The molecule has 2 rings (SSSR count). The number of rotatable bonds is 2. The molecule has 3 nitrogen and oxygen atoms in total. The number of nitrogens with zero attached hydrogens (tertiary/aromatic N) is 2. The van der Waals surface area contributed by atoms with Gasteiger partial charge < -0.3 is 4.90 Å². The van der Waals surface area contributed by atoms with Crippen molar-refractivity contribution in [2.75, 3.05) is 26.2 Å². The Hall–Kier alpha value is -0.570. The number of nitrogens with one attached hydrogen (secondary N) is 1. The van der Waals surface area contributed by atoms with Crippen molar-refractivity contribution in [1.82, 2.24) is 9.80 Å². The quantitative estimate of drug-likeness (QED) is 0.535. The summed E-state index contributed by atoms with van der Waals surface area (Å²) in [7, 11) is 0. The summed E-state index contributed by atoms with van der Waals surface area (Å²) in [5.74, 6) is 0.826. The summed E-state index contributed by atoms with van der Waals surface area (Å²) >= 11 is 0. The van der Waals surface area contributed by atoms with Crippen LogP contribution in [0, 0.1) is 5.41 Å². The topological polar surface area (TPSA) is 30.3 Å². The maximum atomic E-state index is 7.80. The zero-order valence-corrected chi connectivity index (χ0v) is 9.13. The summed E-state index contributed by atoms with van der Waals surface area (Å²) in [6.07, 6.45) is 4.90. The minimum atomic E-state index is 0.740. The summed E-state index contributed by atoms with van der Waals surface area (Å²) in [4.78, 5) is 4.87. The molecule has 1 atom stereocenters. The van der Waals surface area contributed by atoms with Crippen LogP contribution in [0.2, 0.25) is 0 Å². The Kier molecular flexibility index (Phi) is 3.06. The third-order valence-electron chi connectivity index (χ3n) is 3.54. The molecule has 2 saturated heterocycles. The molecule has 0 radical (unpaired) electrons. The summed E-state index contributed by atoms with van der Waals surface area (Å²) in [5.41, 5.74) is 0. The highest BCUT2D eigenvalue weighted by Gasteiger charge is 2.29. The molecule has 2 aliphatic heterocycles. The van der Waals surface area contributed by atoms with Gasteiger partial charge in [0.1, 0.15) is 0 Å². The van der Waals surface area contributed by atoms with E-state index in [2.05, 4.69) is 16.7 Å². The second-order valence-corrected chi connectivity index (χ2v) is 4.43. The highest BCUT2D eigenvalue weighted by Crippen LogP contribution is 2.20. The second-order valence-electron chi connectivity index (χ2n) is 4.43. The second kappa shape index (κ2) is 4.30. The van der Waals surface area contributed by atoms with Crippen LogP contribution in [0.15, 0.2) is 0 Å². The summed E-state index contributed by atoms with van der Waals surface area (Å²) in [6.45, 7) is 6.86. The van der Waals surface area contributed by atoms with E-state index in [1.807, 2.05) is 0 Å². The molecular weight excluding hydrogens is 174 g/mol. The van der Waals surface area contributed by atoms with E-state index in [1.165, 1.54) is 32.4 Å². The van der Waals surface area contributed by atoms with Crippen molar-refractivity contribution in [2.24, 2.45) is 0 Å². The molecule has 1 N–H and O–H groups in total. The van der Waals surface area contributed by atoms with Gasteiger partial charge in [-0.25, -0.2) is 0 Å². The lowest BCUT2D eigenvalue weighted by Gasteiger charge is -2.24. The van der Waals surface area contributed by atoms with Crippen LogP contribution in [0.3, 0.4) is 0 Å². The van der Waals surface area contributed by atoms with E-state index < -0.39 is 0 Å². The van der Waals surface area contributed by atoms with Crippen molar-refractivity contribution in [3.8, 4) is 0 Å². The van der Waals surface area contributed by atoms with Crippen molar-refractivity contribution in [3.05, 3.63) is 0 Å². The first-order valence-electron chi connectivity index (χ1n) is 5.87. The van der Waals surface area contributed by atoms with E-state index >= 15 is 0 Å². The fraction of sp³-hybridized carbons (Fsp3) is 0.909. The van der Waals surface area contributed by atoms with E-state index in [0.717, 1.165) is 31.4 Å². The van der Waals surface area contributed by atoms with Crippen molar-refractivity contribution in [3.63, 3.8) is 0 Å². The van der Waals surface area contributed by atoms with Gasteiger partial charge in [-0.15, -0.1) is 0 Å². The monoisotopic (exact) mass is 195 g/mol. The van der Waals surface area contributed by atoms with E-state index in [1.54, 1.807) is 0 Å². The molecule has 80 valence electrons. The SMILES string of the molecule is CCC(=N)N1CCC(N2CCCC2)C1. The van der Waals surface area contributed by atoms with Crippen molar-refractivity contribution < 1.29 is 0 Å². The third kappa shape index (κ3) is 1.92. The Morgan fingerprint density at radius 1 is 1.29 bits per heavy atom. The predicted octanol–water partition coefficient (Wildman–Crippen LogP) is 1.54. The van der Waals surface area contributed by atoms with Gasteiger partial charge in [0.25, 0.3) is 0 Å². The van der Waals surface area contributed by atoms with E-state index in [-0.39, 0.29) is 0 Å². The van der Waals surface area contributed by atoms with Gasteiger partial charge in [-0.3, -0.25) is 10.3 Å². The summed E-state index contributed by atoms with van der Waals surface area (Å²) in [6, 6.07) is 0.740. The van der Waals surface area contributed by atoms with E-state index in [9.17, 15) is 0 Å². The van der Waals surface area contributed by atoms with Gasteiger partial charge in [-0.2, -0.15) is 0 Å². The molecule has 14 heavy (non-hydrogen) atoms. The smallest absolute Gasteiger partial charge is 0.0955 e. The fourth-order valence-corrected chi connectivity index (χ4v) is 2.62. The number of likely N-dealkylation sites (tertiary alicyclic amines) is 2. The van der Waals surface area contributed by atoms with Crippen molar-refractivity contribution >= 4 is 5.84 Å². The van der Waals surface area contributed by atoms with Crippen LogP contribution < -0.4 is 0 Å². The molecule has 0 aromatic rings. The molecule has 0 spiro atoms. The minimum absolute atomic E-state index is 0.740. The Labute approximate surface area is 86.6 Å². The molecule has 2 heterocycles. The highest BCUT2D eigenvalue weighted by molar-refractivity contribution is 5.79. The fourth-order valence-electron chi connectivity index (χ4n) is 2.62. The van der Waals surface area contributed by atoms with Crippen LogP contribution in [0.4, 0.5) is 0 Å². The highest BCUT2D eigenvalue weighted by atomic mass is 15.3. The summed E-state index contributed by atoms with van der Waals surface area (Å²) < 4.78 is 0. The predicted molar refractivity (Wildman–Crippen MR) is 58.8 cm³/mol. The van der Waals surface area contributed by atoms with Gasteiger partial charge >= 0.3 is 0 Å². The van der Waals surface area contributed by atoms with Gasteiger partial charge in [-0.05, 0) is 32.4 Å². The van der Waals surface area contributed by atoms with Crippen LogP contribution in [0.5, 0.6) is 0 Å². The molecular formula is C11H21N3. The lowest BCUT2D eigenvalue weighted by molar-refractivity contribution is 0.249. The van der Waals surface area contributed by atoms with E-state index in [0.29, 0.717) is 0 Å². The van der Waals surface area contributed by atoms with Gasteiger partial charge in [0, 0.05) is 25.6 Å². The Morgan fingerprint density at radius 3 is 2.64 bits per heavy atom. The molecule has 2 aliphatic rings. The van der Waals surface area contributed by atoms with Crippen LogP contribution in [0.25, 0.3) is 0 Å². The van der Waals surface area contributed by atoms with Crippen LogP contribution >= 0.6 is 0 Å². The average Bonchev–Trinajstić information content (AvgIpc) is 2.86. The minimum Gasteiger partial charge on any atom is -0.359 e. The zero-order valence-electron chi connectivity index (χ0n) is 9.13. The van der Waals surface area contributed by atoms with Crippen molar-refractivity contribution in [1.29, 1.82) is 5.41 Å². The van der Waals surface area contributed by atoms with Crippen LogP contribution in [-0.2, 0) is 0 Å². The van der Waals surface area contributed by atoms with Gasteiger partial charge in [0.05, 0.1) is 5.84 Å². The van der Waals surface area contributed by atoms with Crippen LogP contribution in [0.1, 0.15) is 32.6 Å². The molecule has 2 fully saturated rings. The third-order valence-corrected chi connectivity index (χ3v) is 3.54. The lowest BCUT2D eigenvalue weighted by Crippen LogP contribution is -2.36. The molecule has 0 aromatic carbocycles. The normalized spacial score (nSPS) is 28.6. The Bertz CT molecular complexity index is 209. The Morgan fingerprint density at radius 2 is 2.00 bits per heavy atom. The molecule has 0 aromatic heterocycles. The molecule has 0 aliphatic carbocycles. The first-order chi connectivity index (χ1) is 6.81. The largest absolute Gasteiger partial charge is 0.359 e. The molecule has 0 amide bonds.